The Morgan fingerprint density at radius 3 is 2.80 bits per heavy atom. The van der Waals surface area contributed by atoms with Crippen LogP contribution in [-0.2, 0) is 9.84 Å². The second kappa shape index (κ2) is 6.07. The average molecular weight is 302 g/mol. The van der Waals surface area contributed by atoms with E-state index in [2.05, 4.69) is 5.43 Å². The number of nitrogens with one attached hydrogen (secondary N) is 1. The Balaban J connectivity index is 2.42. The molecule has 1 aromatic rings. The van der Waals surface area contributed by atoms with Gasteiger partial charge in [-0.1, -0.05) is 18.6 Å². The summed E-state index contributed by atoms with van der Waals surface area (Å²) in [6.45, 7) is 0. The summed E-state index contributed by atoms with van der Waals surface area (Å²) in [5.41, 5.74) is 2.69. The second-order valence-corrected chi connectivity index (χ2v) is 7.25. The van der Waals surface area contributed by atoms with E-state index in [9.17, 15) is 12.8 Å². The molecule has 1 aliphatic rings. The van der Waals surface area contributed by atoms with Crippen LogP contribution >= 0.6 is 0 Å². The van der Waals surface area contributed by atoms with E-state index in [1.165, 1.54) is 19.2 Å². The predicted molar refractivity (Wildman–Crippen MR) is 74.4 cm³/mol. The third-order valence-corrected chi connectivity index (χ3v) is 6.02. The molecule has 1 saturated heterocycles. The summed E-state index contributed by atoms with van der Waals surface area (Å²) >= 11 is 0. The standard InChI is InChI=1S/C13H19FN2O3S/c1-19-10-6-4-5-9(12(10)14)13(16-15)11-7-2-3-8-20(11,17)18/h4-6,11,13,16H,2-3,7-8,15H2,1H3. The van der Waals surface area contributed by atoms with Crippen LogP contribution in [0.25, 0.3) is 0 Å². The Morgan fingerprint density at radius 1 is 1.45 bits per heavy atom. The molecular weight excluding hydrogens is 283 g/mol. The first-order valence-electron chi connectivity index (χ1n) is 6.51. The van der Waals surface area contributed by atoms with Crippen molar-refractivity contribution in [1.29, 1.82) is 0 Å². The first kappa shape index (κ1) is 15.2. The molecule has 0 saturated carbocycles. The van der Waals surface area contributed by atoms with Gasteiger partial charge in [0.2, 0.25) is 0 Å². The molecule has 1 aliphatic heterocycles. The van der Waals surface area contributed by atoms with Crippen LogP contribution in [0.4, 0.5) is 4.39 Å². The average Bonchev–Trinajstić information content (AvgIpc) is 2.42. The molecule has 112 valence electrons. The van der Waals surface area contributed by atoms with Crippen LogP contribution in [0.1, 0.15) is 30.9 Å². The summed E-state index contributed by atoms with van der Waals surface area (Å²) in [5.74, 6) is 5.13. The van der Waals surface area contributed by atoms with Crippen molar-refractivity contribution in [1.82, 2.24) is 5.43 Å². The first-order chi connectivity index (χ1) is 9.51. The summed E-state index contributed by atoms with van der Waals surface area (Å²) in [6.07, 6.45) is 1.93. The number of nitrogens with two attached hydrogens (primary N) is 1. The fourth-order valence-corrected chi connectivity index (χ4v) is 4.75. The molecule has 0 amide bonds. The molecule has 3 N–H and O–H groups in total. The zero-order valence-corrected chi connectivity index (χ0v) is 12.1. The van der Waals surface area contributed by atoms with Crippen molar-refractivity contribution in [3.63, 3.8) is 0 Å². The molecular formula is C13H19FN2O3S. The predicted octanol–water partition coefficient (Wildman–Crippen LogP) is 1.31. The lowest BCUT2D eigenvalue weighted by molar-refractivity contribution is 0.375. The summed E-state index contributed by atoms with van der Waals surface area (Å²) in [5, 5.41) is -0.706. The summed E-state index contributed by atoms with van der Waals surface area (Å²) in [4.78, 5) is 0. The monoisotopic (exact) mass is 302 g/mol. The topological polar surface area (TPSA) is 81.4 Å². The highest BCUT2D eigenvalue weighted by Gasteiger charge is 2.37. The van der Waals surface area contributed by atoms with Crippen LogP contribution in [0.5, 0.6) is 5.75 Å². The van der Waals surface area contributed by atoms with Crippen molar-refractivity contribution < 1.29 is 17.5 Å². The van der Waals surface area contributed by atoms with Gasteiger partial charge in [0.05, 0.1) is 24.2 Å². The minimum Gasteiger partial charge on any atom is -0.494 e. The van der Waals surface area contributed by atoms with Crippen LogP contribution in [0.15, 0.2) is 18.2 Å². The van der Waals surface area contributed by atoms with Crippen molar-refractivity contribution in [3.8, 4) is 5.75 Å². The van der Waals surface area contributed by atoms with E-state index in [4.69, 9.17) is 10.6 Å². The molecule has 0 bridgehead atoms. The number of halogens is 1. The molecule has 0 aliphatic carbocycles. The number of methoxy groups -OCH3 is 1. The third-order valence-electron chi connectivity index (χ3n) is 3.73. The van der Waals surface area contributed by atoms with Crippen molar-refractivity contribution in [2.75, 3.05) is 12.9 Å². The molecule has 5 nitrogen and oxygen atoms in total. The number of hydrazine groups is 1. The van der Waals surface area contributed by atoms with E-state index in [1.807, 2.05) is 0 Å². The van der Waals surface area contributed by atoms with Crippen molar-refractivity contribution in [2.45, 2.75) is 30.6 Å². The molecule has 1 fully saturated rings. The molecule has 20 heavy (non-hydrogen) atoms. The van der Waals surface area contributed by atoms with E-state index in [0.717, 1.165) is 6.42 Å². The third kappa shape index (κ3) is 2.79. The Bertz CT molecular complexity index is 577. The van der Waals surface area contributed by atoms with Gasteiger partial charge in [-0.25, -0.2) is 12.8 Å². The number of benzene rings is 1. The number of rotatable bonds is 4. The number of sulfone groups is 1. The van der Waals surface area contributed by atoms with Crippen LogP contribution in [0, 0.1) is 5.82 Å². The molecule has 0 spiro atoms. The van der Waals surface area contributed by atoms with Crippen LogP contribution < -0.4 is 16.0 Å². The van der Waals surface area contributed by atoms with Gasteiger partial charge in [-0.3, -0.25) is 11.3 Å². The van der Waals surface area contributed by atoms with E-state index >= 15 is 0 Å². The fourth-order valence-electron chi connectivity index (χ4n) is 2.68. The second-order valence-electron chi connectivity index (χ2n) is 4.91. The van der Waals surface area contributed by atoms with Crippen LogP contribution in [-0.4, -0.2) is 26.5 Å². The molecule has 2 unspecified atom stereocenters. The van der Waals surface area contributed by atoms with Crippen LogP contribution in [0.2, 0.25) is 0 Å². The van der Waals surface area contributed by atoms with Crippen LogP contribution in [0.3, 0.4) is 0 Å². The van der Waals surface area contributed by atoms with Gasteiger partial charge in [-0.05, 0) is 18.9 Å². The molecule has 2 atom stereocenters. The highest BCUT2D eigenvalue weighted by Crippen LogP contribution is 2.33. The van der Waals surface area contributed by atoms with Gasteiger partial charge in [0, 0.05) is 5.56 Å². The number of ether oxygens (including phenoxy) is 1. The lowest BCUT2D eigenvalue weighted by Gasteiger charge is -2.30. The Morgan fingerprint density at radius 2 is 2.20 bits per heavy atom. The maximum absolute atomic E-state index is 14.3. The summed E-state index contributed by atoms with van der Waals surface area (Å²) in [7, 11) is -1.90. The van der Waals surface area contributed by atoms with Gasteiger partial charge in [-0.15, -0.1) is 0 Å². The van der Waals surface area contributed by atoms with Crippen molar-refractivity contribution in [3.05, 3.63) is 29.6 Å². The van der Waals surface area contributed by atoms with Gasteiger partial charge >= 0.3 is 0 Å². The highest BCUT2D eigenvalue weighted by atomic mass is 32.2. The quantitative estimate of drug-likeness (QED) is 0.647. The maximum atomic E-state index is 14.3. The number of hydrogen-bond donors (Lipinski definition) is 2. The van der Waals surface area contributed by atoms with Gasteiger partial charge < -0.3 is 4.74 Å². The van der Waals surface area contributed by atoms with Gasteiger partial charge in [0.1, 0.15) is 0 Å². The Hall–Kier alpha value is -1.18. The maximum Gasteiger partial charge on any atom is 0.169 e. The smallest absolute Gasteiger partial charge is 0.169 e. The Labute approximate surface area is 118 Å². The summed E-state index contributed by atoms with van der Waals surface area (Å²) in [6, 6.07) is 3.88. The zero-order chi connectivity index (χ0) is 14.8. The number of hydrogen-bond acceptors (Lipinski definition) is 5. The minimum absolute atomic E-state index is 0.0796. The lowest BCUT2D eigenvalue weighted by Crippen LogP contribution is -2.43. The largest absolute Gasteiger partial charge is 0.494 e. The van der Waals surface area contributed by atoms with Crippen molar-refractivity contribution in [2.24, 2.45) is 5.84 Å². The molecule has 2 rings (SSSR count). The van der Waals surface area contributed by atoms with Crippen molar-refractivity contribution >= 4 is 9.84 Å². The fraction of sp³-hybridized carbons (Fsp3) is 0.538. The summed E-state index contributed by atoms with van der Waals surface area (Å²) < 4.78 is 43.6. The van der Waals surface area contributed by atoms with Gasteiger partial charge in [0.15, 0.2) is 21.4 Å². The van der Waals surface area contributed by atoms with E-state index < -0.39 is 26.9 Å². The van der Waals surface area contributed by atoms with E-state index in [1.54, 1.807) is 6.07 Å². The molecule has 1 aromatic carbocycles. The zero-order valence-electron chi connectivity index (χ0n) is 11.3. The van der Waals surface area contributed by atoms with Gasteiger partial charge in [-0.2, -0.15) is 0 Å². The highest BCUT2D eigenvalue weighted by molar-refractivity contribution is 7.92. The molecule has 0 radical (unpaired) electrons. The molecule has 0 aromatic heterocycles. The SMILES string of the molecule is COc1cccc(C(NN)C2CCCCS2(=O)=O)c1F. The Kier molecular flexibility index (Phi) is 4.62. The first-order valence-corrected chi connectivity index (χ1v) is 8.23. The lowest BCUT2D eigenvalue weighted by atomic mass is 9.99. The van der Waals surface area contributed by atoms with E-state index in [0.29, 0.717) is 12.8 Å². The van der Waals surface area contributed by atoms with Gasteiger partial charge in [0.25, 0.3) is 0 Å². The molecule has 1 heterocycles. The van der Waals surface area contributed by atoms with E-state index in [-0.39, 0.29) is 17.1 Å². The minimum atomic E-state index is -3.27. The normalized spacial score (nSPS) is 23.2. The molecule has 7 heteroatoms.